The van der Waals surface area contributed by atoms with Crippen molar-refractivity contribution in [1.29, 1.82) is 0 Å². The molecule has 4 heteroatoms. The summed E-state index contributed by atoms with van der Waals surface area (Å²) in [5, 5.41) is 18.0. The Morgan fingerprint density at radius 1 is 0.857 bits per heavy atom. The van der Waals surface area contributed by atoms with Crippen LogP contribution in [0.1, 0.15) is 27.5 Å². The van der Waals surface area contributed by atoms with Crippen molar-refractivity contribution in [3.63, 3.8) is 0 Å². The predicted molar refractivity (Wildman–Crippen MR) is 89.9 cm³/mol. The molecule has 0 spiro atoms. The highest BCUT2D eigenvalue weighted by atomic mass is 32.1. The molecule has 1 unspecified atom stereocenters. The van der Waals surface area contributed by atoms with Crippen molar-refractivity contribution in [3.05, 3.63) is 80.7 Å². The average molecular weight is 315 g/mol. The second-order valence-electron chi connectivity index (χ2n) is 4.80. The van der Waals surface area contributed by atoms with Gasteiger partial charge in [-0.3, -0.25) is 0 Å². The lowest BCUT2D eigenvalue weighted by Crippen LogP contribution is -2.26. The van der Waals surface area contributed by atoms with Gasteiger partial charge >= 0.3 is 0 Å². The zero-order valence-corrected chi connectivity index (χ0v) is 13.1. The summed E-state index contributed by atoms with van der Waals surface area (Å²) in [6, 6.07) is 18.3. The van der Waals surface area contributed by atoms with Gasteiger partial charge in [-0.25, -0.2) is 0 Å². The van der Waals surface area contributed by atoms with Gasteiger partial charge in [0, 0.05) is 16.3 Å². The lowest BCUT2D eigenvalue weighted by atomic mass is 10.1. The largest absolute Gasteiger partial charge is 0.387 e. The minimum atomic E-state index is -0.492. The Balaban J connectivity index is 1.71. The Bertz CT molecular complexity index is 601. The van der Waals surface area contributed by atoms with Crippen LogP contribution in [0.2, 0.25) is 0 Å². The third-order valence-corrected chi connectivity index (χ3v) is 5.23. The lowest BCUT2D eigenvalue weighted by Gasteiger charge is -2.19. The van der Waals surface area contributed by atoms with E-state index < -0.39 is 6.10 Å². The Labute approximate surface area is 132 Å². The molecule has 0 amide bonds. The minimum Gasteiger partial charge on any atom is -0.387 e. The van der Waals surface area contributed by atoms with Gasteiger partial charge in [0.05, 0.1) is 12.1 Å². The van der Waals surface area contributed by atoms with Crippen LogP contribution in [0.4, 0.5) is 0 Å². The number of hydrogen-bond acceptors (Lipinski definition) is 4. The fourth-order valence-corrected chi connectivity index (χ4v) is 3.99. The van der Waals surface area contributed by atoms with Gasteiger partial charge in [-0.15, -0.1) is 22.7 Å². The monoisotopic (exact) mass is 315 g/mol. The van der Waals surface area contributed by atoms with E-state index in [4.69, 9.17) is 0 Å². The second-order valence-corrected chi connectivity index (χ2v) is 6.76. The van der Waals surface area contributed by atoms with Gasteiger partial charge in [0.25, 0.3) is 0 Å². The zero-order valence-electron chi connectivity index (χ0n) is 11.5. The number of aliphatic hydroxyl groups excluding tert-OH is 1. The first kappa shape index (κ1) is 14.5. The highest BCUT2D eigenvalue weighted by molar-refractivity contribution is 7.11. The molecule has 0 aliphatic rings. The van der Waals surface area contributed by atoms with Crippen LogP contribution in [0, 0.1) is 0 Å². The molecule has 0 radical (unpaired) electrons. The normalized spacial score (nSPS) is 12.7. The lowest BCUT2D eigenvalue weighted by molar-refractivity contribution is 0.172. The zero-order chi connectivity index (χ0) is 14.5. The smallest absolute Gasteiger partial charge is 0.0914 e. The third kappa shape index (κ3) is 3.60. The van der Waals surface area contributed by atoms with Crippen molar-refractivity contribution in [2.45, 2.75) is 12.1 Å². The molecule has 0 saturated heterocycles. The van der Waals surface area contributed by atoms with Gasteiger partial charge in [-0.1, -0.05) is 42.5 Å². The Morgan fingerprint density at radius 2 is 1.48 bits per heavy atom. The molecule has 21 heavy (non-hydrogen) atoms. The van der Waals surface area contributed by atoms with Crippen LogP contribution in [-0.4, -0.2) is 11.7 Å². The molecule has 2 aromatic heterocycles. The molecule has 0 saturated carbocycles. The van der Waals surface area contributed by atoms with E-state index in [9.17, 15) is 5.11 Å². The molecule has 1 atom stereocenters. The van der Waals surface area contributed by atoms with E-state index in [1.54, 1.807) is 22.7 Å². The molecule has 2 heterocycles. The first-order valence-electron chi connectivity index (χ1n) is 6.88. The summed E-state index contributed by atoms with van der Waals surface area (Å²) in [6.07, 6.45) is -0.492. The SMILES string of the molecule is OC(CNC(c1cccs1)c1cccs1)c1ccccc1. The number of aliphatic hydroxyl groups is 1. The topological polar surface area (TPSA) is 32.3 Å². The summed E-state index contributed by atoms with van der Waals surface area (Å²) in [7, 11) is 0. The highest BCUT2D eigenvalue weighted by Gasteiger charge is 2.17. The van der Waals surface area contributed by atoms with Crippen LogP contribution >= 0.6 is 22.7 Å². The summed E-state index contributed by atoms with van der Waals surface area (Å²) in [5.74, 6) is 0. The maximum absolute atomic E-state index is 10.3. The third-order valence-electron chi connectivity index (χ3n) is 3.36. The second kappa shape index (κ2) is 7.00. The minimum absolute atomic E-state index is 0.156. The molecule has 3 rings (SSSR count). The van der Waals surface area contributed by atoms with E-state index >= 15 is 0 Å². The quantitative estimate of drug-likeness (QED) is 0.714. The van der Waals surface area contributed by atoms with Crippen molar-refractivity contribution in [3.8, 4) is 0 Å². The van der Waals surface area contributed by atoms with Gasteiger partial charge < -0.3 is 10.4 Å². The van der Waals surface area contributed by atoms with Crippen molar-refractivity contribution in [1.82, 2.24) is 5.32 Å². The molecule has 0 aliphatic heterocycles. The predicted octanol–water partition coefficient (Wildman–Crippen LogP) is 4.22. The summed E-state index contributed by atoms with van der Waals surface area (Å²) in [5.41, 5.74) is 0.945. The molecule has 2 nitrogen and oxygen atoms in total. The fraction of sp³-hybridized carbons (Fsp3) is 0.176. The maximum atomic E-state index is 10.3. The van der Waals surface area contributed by atoms with Gasteiger partial charge in [-0.2, -0.15) is 0 Å². The maximum Gasteiger partial charge on any atom is 0.0914 e. The molecular formula is C17H17NOS2. The molecule has 0 aliphatic carbocycles. The van der Waals surface area contributed by atoms with E-state index in [-0.39, 0.29) is 6.04 Å². The summed E-state index contributed by atoms with van der Waals surface area (Å²) in [4.78, 5) is 2.55. The van der Waals surface area contributed by atoms with Crippen LogP contribution in [0.15, 0.2) is 65.4 Å². The van der Waals surface area contributed by atoms with Crippen molar-refractivity contribution >= 4 is 22.7 Å². The number of rotatable bonds is 6. The standard InChI is InChI=1S/C17H17NOS2/c19-14(13-6-2-1-3-7-13)12-18-17(15-8-4-10-20-15)16-9-5-11-21-16/h1-11,14,17-19H,12H2. The number of thiophene rings is 2. The van der Waals surface area contributed by atoms with E-state index in [1.807, 2.05) is 30.3 Å². The van der Waals surface area contributed by atoms with Crippen LogP contribution < -0.4 is 5.32 Å². The van der Waals surface area contributed by atoms with E-state index in [0.717, 1.165) is 5.56 Å². The van der Waals surface area contributed by atoms with Crippen LogP contribution in [0.5, 0.6) is 0 Å². The highest BCUT2D eigenvalue weighted by Crippen LogP contribution is 2.29. The first-order valence-corrected chi connectivity index (χ1v) is 8.64. The molecule has 0 fully saturated rings. The summed E-state index contributed by atoms with van der Waals surface area (Å²) in [6.45, 7) is 0.532. The Hall–Kier alpha value is -1.46. The van der Waals surface area contributed by atoms with Gasteiger partial charge in [0.2, 0.25) is 0 Å². The number of nitrogens with one attached hydrogen (secondary N) is 1. The van der Waals surface area contributed by atoms with Gasteiger partial charge in [0.1, 0.15) is 0 Å². The number of hydrogen-bond donors (Lipinski definition) is 2. The summed E-state index contributed by atoms with van der Waals surface area (Å²) < 4.78 is 0. The van der Waals surface area contributed by atoms with Crippen molar-refractivity contribution < 1.29 is 5.11 Å². The average Bonchev–Trinajstić information content (AvgIpc) is 3.22. The van der Waals surface area contributed by atoms with E-state index in [1.165, 1.54) is 9.75 Å². The molecule has 2 N–H and O–H groups in total. The first-order chi connectivity index (χ1) is 10.3. The van der Waals surface area contributed by atoms with Crippen LogP contribution in [-0.2, 0) is 0 Å². The number of benzene rings is 1. The molecule has 3 aromatic rings. The van der Waals surface area contributed by atoms with Gasteiger partial charge in [0.15, 0.2) is 0 Å². The Kier molecular flexibility index (Phi) is 4.83. The van der Waals surface area contributed by atoms with Crippen molar-refractivity contribution in [2.24, 2.45) is 0 Å². The Morgan fingerprint density at radius 3 is 2.00 bits per heavy atom. The molecule has 108 valence electrons. The van der Waals surface area contributed by atoms with E-state index in [0.29, 0.717) is 6.54 Å². The molecule has 0 bridgehead atoms. The van der Waals surface area contributed by atoms with Gasteiger partial charge in [-0.05, 0) is 28.5 Å². The summed E-state index contributed by atoms with van der Waals surface area (Å²) >= 11 is 3.48. The van der Waals surface area contributed by atoms with Crippen LogP contribution in [0.25, 0.3) is 0 Å². The molecule has 1 aromatic carbocycles. The molecular weight excluding hydrogens is 298 g/mol. The fourth-order valence-electron chi connectivity index (χ4n) is 2.27. The van der Waals surface area contributed by atoms with E-state index in [2.05, 4.69) is 40.3 Å². The van der Waals surface area contributed by atoms with Crippen molar-refractivity contribution in [2.75, 3.05) is 6.54 Å². The van der Waals surface area contributed by atoms with Crippen LogP contribution in [0.3, 0.4) is 0 Å².